The maximum absolute atomic E-state index is 13.8. The topological polar surface area (TPSA) is 56.1 Å². The van der Waals surface area contributed by atoms with Gasteiger partial charge in [0.1, 0.15) is 11.6 Å². The van der Waals surface area contributed by atoms with Crippen molar-refractivity contribution in [2.75, 3.05) is 19.5 Å². The highest BCUT2D eigenvalue weighted by Gasteiger charge is 2.07. The van der Waals surface area contributed by atoms with E-state index in [-0.39, 0.29) is 12.1 Å². The number of hydrogen-bond donors (Lipinski definition) is 1. The smallest absolute Gasteiger partial charge is 0.269 e. The Morgan fingerprint density at radius 2 is 2.21 bits per heavy atom. The third-order valence-corrected chi connectivity index (χ3v) is 2.74. The Morgan fingerprint density at radius 3 is 2.79 bits per heavy atom. The molecular weight excluding hydrogens is 249 g/mol. The molecule has 1 aromatic carbocycles. The Balaban J connectivity index is 2.28. The molecule has 0 amide bonds. The van der Waals surface area contributed by atoms with Gasteiger partial charge >= 0.3 is 0 Å². The molecule has 0 aliphatic carbocycles. The van der Waals surface area contributed by atoms with Gasteiger partial charge in [0.05, 0.1) is 25.5 Å². The Labute approximate surface area is 109 Å². The SMILES string of the molecule is CNc1cnn(Cc2ccc(OC)cc2F)c(=O)c1. The van der Waals surface area contributed by atoms with Crippen LogP contribution in [0, 0.1) is 5.82 Å². The minimum atomic E-state index is -0.425. The molecule has 0 spiro atoms. The first-order valence-corrected chi connectivity index (χ1v) is 5.71. The molecule has 0 fully saturated rings. The van der Waals surface area contributed by atoms with Gasteiger partial charge in [-0.25, -0.2) is 9.07 Å². The molecule has 0 atom stereocenters. The lowest BCUT2D eigenvalue weighted by Crippen LogP contribution is -2.23. The molecule has 0 aliphatic heterocycles. The fourth-order valence-corrected chi connectivity index (χ4v) is 1.63. The highest BCUT2D eigenvalue weighted by molar-refractivity contribution is 5.37. The summed E-state index contributed by atoms with van der Waals surface area (Å²) in [5.74, 6) is 0.0119. The zero-order valence-electron chi connectivity index (χ0n) is 10.7. The lowest BCUT2D eigenvalue weighted by molar-refractivity contribution is 0.410. The van der Waals surface area contributed by atoms with Gasteiger partial charge in [-0.1, -0.05) is 6.07 Å². The molecule has 19 heavy (non-hydrogen) atoms. The van der Waals surface area contributed by atoms with Gasteiger partial charge in [-0.15, -0.1) is 0 Å². The summed E-state index contributed by atoms with van der Waals surface area (Å²) >= 11 is 0. The molecule has 1 N–H and O–H groups in total. The summed E-state index contributed by atoms with van der Waals surface area (Å²) in [6, 6.07) is 5.91. The van der Waals surface area contributed by atoms with Gasteiger partial charge in [0, 0.05) is 24.7 Å². The van der Waals surface area contributed by atoms with E-state index in [0.717, 1.165) is 0 Å². The van der Waals surface area contributed by atoms with E-state index in [2.05, 4.69) is 10.4 Å². The summed E-state index contributed by atoms with van der Waals surface area (Å²) in [5, 5.41) is 6.79. The van der Waals surface area contributed by atoms with Gasteiger partial charge in [0.2, 0.25) is 0 Å². The van der Waals surface area contributed by atoms with Crippen molar-refractivity contribution in [2.45, 2.75) is 6.54 Å². The standard InChI is InChI=1S/C13H14FN3O2/c1-15-10-5-13(18)17(16-7-10)8-9-3-4-11(19-2)6-12(9)14/h3-7,15H,8H2,1-2H3. The van der Waals surface area contributed by atoms with Crippen LogP contribution in [-0.4, -0.2) is 23.9 Å². The number of anilines is 1. The first-order valence-electron chi connectivity index (χ1n) is 5.71. The first-order chi connectivity index (χ1) is 9.13. The number of aromatic nitrogens is 2. The molecule has 0 saturated heterocycles. The number of rotatable bonds is 4. The lowest BCUT2D eigenvalue weighted by Gasteiger charge is -2.08. The van der Waals surface area contributed by atoms with E-state index in [1.165, 1.54) is 30.1 Å². The summed E-state index contributed by atoms with van der Waals surface area (Å²) < 4.78 is 19.9. The van der Waals surface area contributed by atoms with Crippen molar-refractivity contribution in [1.82, 2.24) is 9.78 Å². The number of halogens is 1. The van der Waals surface area contributed by atoms with Crippen LogP contribution in [0.4, 0.5) is 10.1 Å². The second kappa shape index (κ2) is 5.51. The van der Waals surface area contributed by atoms with Crippen LogP contribution >= 0.6 is 0 Å². The zero-order valence-corrected chi connectivity index (χ0v) is 10.7. The fraction of sp³-hybridized carbons (Fsp3) is 0.231. The zero-order chi connectivity index (χ0) is 13.8. The average molecular weight is 263 g/mol. The Bertz CT molecular complexity index is 640. The highest BCUT2D eigenvalue weighted by Crippen LogP contribution is 2.16. The van der Waals surface area contributed by atoms with Crippen molar-refractivity contribution >= 4 is 5.69 Å². The molecule has 100 valence electrons. The molecule has 6 heteroatoms. The lowest BCUT2D eigenvalue weighted by atomic mass is 10.2. The van der Waals surface area contributed by atoms with Crippen molar-refractivity contribution in [1.29, 1.82) is 0 Å². The second-order valence-corrected chi connectivity index (χ2v) is 3.95. The molecular formula is C13H14FN3O2. The third kappa shape index (κ3) is 2.90. The van der Waals surface area contributed by atoms with E-state index >= 15 is 0 Å². The molecule has 0 unspecified atom stereocenters. The Morgan fingerprint density at radius 1 is 1.42 bits per heavy atom. The van der Waals surface area contributed by atoms with Crippen LogP contribution < -0.4 is 15.6 Å². The van der Waals surface area contributed by atoms with E-state index in [1.807, 2.05) is 0 Å². The van der Waals surface area contributed by atoms with E-state index in [9.17, 15) is 9.18 Å². The van der Waals surface area contributed by atoms with E-state index in [1.54, 1.807) is 19.2 Å². The van der Waals surface area contributed by atoms with Gasteiger partial charge in [-0.2, -0.15) is 5.10 Å². The van der Waals surface area contributed by atoms with Crippen molar-refractivity contribution in [3.8, 4) is 5.75 Å². The molecule has 1 aromatic heterocycles. The number of hydrogen-bond acceptors (Lipinski definition) is 4. The summed E-state index contributed by atoms with van der Waals surface area (Å²) in [6.07, 6.45) is 1.52. The first kappa shape index (κ1) is 13.1. The van der Waals surface area contributed by atoms with Gasteiger partial charge in [-0.3, -0.25) is 4.79 Å². The largest absolute Gasteiger partial charge is 0.497 e. The maximum atomic E-state index is 13.8. The van der Waals surface area contributed by atoms with E-state index in [0.29, 0.717) is 17.0 Å². The number of methoxy groups -OCH3 is 1. The monoisotopic (exact) mass is 263 g/mol. The number of benzene rings is 1. The van der Waals surface area contributed by atoms with Crippen LogP contribution in [0.1, 0.15) is 5.56 Å². The normalized spacial score (nSPS) is 10.3. The highest BCUT2D eigenvalue weighted by atomic mass is 19.1. The van der Waals surface area contributed by atoms with Gasteiger partial charge in [-0.05, 0) is 6.07 Å². The molecule has 0 aliphatic rings. The minimum absolute atomic E-state index is 0.0820. The molecule has 2 aromatic rings. The number of nitrogens with zero attached hydrogens (tertiary/aromatic N) is 2. The van der Waals surface area contributed by atoms with Crippen LogP contribution in [0.5, 0.6) is 5.75 Å². The van der Waals surface area contributed by atoms with Crippen LogP contribution in [0.15, 0.2) is 35.3 Å². The third-order valence-electron chi connectivity index (χ3n) is 2.74. The van der Waals surface area contributed by atoms with Crippen molar-refractivity contribution < 1.29 is 9.13 Å². The predicted molar refractivity (Wildman–Crippen MR) is 70.1 cm³/mol. The number of ether oxygens (including phenoxy) is 1. The summed E-state index contributed by atoms with van der Waals surface area (Å²) in [5.41, 5.74) is 0.714. The molecule has 5 nitrogen and oxygen atoms in total. The van der Waals surface area contributed by atoms with Crippen LogP contribution in [0.2, 0.25) is 0 Å². The summed E-state index contributed by atoms with van der Waals surface area (Å²) in [6.45, 7) is 0.0820. The van der Waals surface area contributed by atoms with Crippen molar-refractivity contribution in [2.24, 2.45) is 0 Å². The summed E-state index contributed by atoms with van der Waals surface area (Å²) in [7, 11) is 3.17. The molecule has 1 heterocycles. The van der Waals surface area contributed by atoms with Crippen LogP contribution in [-0.2, 0) is 6.54 Å². The summed E-state index contributed by atoms with van der Waals surface area (Å²) in [4.78, 5) is 11.8. The molecule has 0 radical (unpaired) electrons. The van der Waals surface area contributed by atoms with Gasteiger partial charge in [0.15, 0.2) is 0 Å². The van der Waals surface area contributed by atoms with Crippen LogP contribution in [0.25, 0.3) is 0 Å². The van der Waals surface area contributed by atoms with E-state index in [4.69, 9.17) is 4.74 Å². The number of nitrogens with one attached hydrogen (secondary N) is 1. The van der Waals surface area contributed by atoms with Crippen molar-refractivity contribution in [3.63, 3.8) is 0 Å². The molecule has 0 saturated carbocycles. The molecule has 2 rings (SSSR count). The van der Waals surface area contributed by atoms with Crippen LogP contribution in [0.3, 0.4) is 0 Å². The maximum Gasteiger partial charge on any atom is 0.269 e. The fourth-order valence-electron chi connectivity index (χ4n) is 1.63. The minimum Gasteiger partial charge on any atom is -0.497 e. The quantitative estimate of drug-likeness (QED) is 0.907. The Kier molecular flexibility index (Phi) is 3.79. The van der Waals surface area contributed by atoms with Gasteiger partial charge < -0.3 is 10.1 Å². The molecule has 0 bridgehead atoms. The average Bonchev–Trinajstić information content (AvgIpc) is 2.42. The second-order valence-electron chi connectivity index (χ2n) is 3.95. The predicted octanol–water partition coefficient (Wildman–Crippen LogP) is 1.48. The van der Waals surface area contributed by atoms with Gasteiger partial charge in [0.25, 0.3) is 5.56 Å². The van der Waals surface area contributed by atoms with Crippen molar-refractivity contribution in [3.05, 3.63) is 52.2 Å². The Hall–Kier alpha value is -2.37. The van der Waals surface area contributed by atoms with E-state index < -0.39 is 5.82 Å².